The predicted octanol–water partition coefficient (Wildman–Crippen LogP) is 5.81. The van der Waals surface area contributed by atoms with Gasteiger partial charge in [-0.15, -0.1) is 4.72 Å². The zero-order valence-corrected chi connectivity index (χ0v) is 16.3. The lowest BCUT2D eigenvalue weighted by Crippen LogP contribution is -2.46. The fourth-order valence-corrected chi connectivity index (χ4v) is 4.51. The third-order valence-electron chi connectivity index (χ3n) is 4.59. The molecule has 130 valence electrons. The van der Waals surface area contributed by atoms with E-state index >= 15 is 0 Å². The predicted molar refractivity (Wildman–Crippen MR) is 96.8 cm³/mol. The van der Waals surface area contributed by atoms with Crippen LogP contribution in [0, 0.1) is 11.2 Å². The third-order valence-corrected chi connectivity index (χ3v) is 6.97. The van der Waals surface area contributed by atoms with Gasteiger partial charge in [-0.1, -0.05) is 43.0 Å². The number of hydrogen-bond acceptors (Lipinski definition) is 2. The third kappa shape index (κ3) is 4.16. The van der Waals surface area contributed by atoms with Crippen LogP contribution in [-0.4, -0.2) is 9.30 Å². The van der Waals surface area contributed by atoms with Crippen molar-refractivity contribution in [1.29, 1.82) is 0 Å². The van der Waals surface area contributed by atoms with E-state index in [1.54, 1.807) is 0 Å². The van der Waals surface area contributed by atoms with Crippen LogP contribution in [0.1, 0.15) is 65.0 Å². The molecule has 0 bridgehead atoms. The van der Waals surface area contributed by atoms with E-state index in [0.717, 1.165) is 25.7 Å². The minimum Gasteiger partial charge on any atom is -0.598 e. The van der Waals surface area contributed by atoms with E-state index in [4.69, 9.17) is 23.2 Å². The second-order valence-corrected chi connectivity index (χ2v) is 10.3. The van der Waals surface area contributed by atoms with Gasteiger partial charge >= 0.3 is 0 Å². The number of hydrogen-bond donors (Lipinski definition) is 1. The summed E-state index contributed by atoms with van der Waals surface area (Å²) in [4.78, 5) is 0. The molecule has 0 amide bonds. The van der Waals surface area contributed by atoms with Gasteiger partial charge in [0.05, 0.1) is 16.1 Å². The van der Waals surface area contributed by atoms with Crippen LogP contribution < -0.4 is 4.72 Å². The normalized spacial score (nSPS) is 20.5. The van der Waals surface area contributed by atoms with Crippen LogP contribution in [0.15, 0.2) is 12.1 Å². The zero-order chi connectivity index (χ0) is 17.4. The van der Waals surface area contributed by atoms with Gasteiger partial charge < -0.3 is 4.55 Å². The maximum Gasteiger partial charge on any atom is 0.136 e. The van der Waals surface area contributed by atoms with E-state index in [0.29, 0.717) is 10.6 Å². The number of rotatable bonds is 4. The molecule has 2 nitrogen and oxygen atoms in total. The Morgan fingerprint density at radius 3 is 2.35 bits per heavy atom. The molecule has 0 unspecified atom stereocenters. The SMILES string of the molecule is CC1([C@H](N[S@+]([O-])C(C)(C)C)c2c(F)ccc(Cl)c2Cl)CCCC1. The molecule has 1 fully saturated rings. The summed E-state index contributed by atoms with van der Waals surface area (Å²) in [6, 6.07) is 2.35. The van der Waals surface area contributed by atoms with Crippen molar-refractivity contribution in [3.63, 3.8) is 0 Å². The topological polar surface area (TPSA) is 35.1 Å². The summed E-state index contributed by atoms with van der Waals surface area (Å²) in [5.41, 5.74) is 0.136. The summed E-state index contributed by atoms with van der Waals surface area (Å²) in [6.07, 6.45) is 4.04. The highest BCUT2D eigenvalue weighted by Gasteiger charge is 2.44. The molecular formula is C17H24Cl2FNOS. The van der Waals surface area contributed by atoms with Crippen molar-refractivity contribution < 1.29 is 8.94 Å². The van der Waals surface area contributed by atoms with E-state index in [-0.39, 0.29) is 10.4 Å². The van der Waals surface area contributed by atoms with Gasteiger partial charge in [-0.2, -0.15) is 0 Å². The molecule has 1 aliphatic carbocycles. The minimum atomic E-state index is -1.33. The zero-order valence-electron chi connectivity index (χ0n) is 14.0. The molecule has 1 aromatic carbocycles. The molecule has 2 atom stereocenters. The van der Waals surface area contributed by atoms with Crippen molar-refractivity contribution >= 4 is 34.6 Å². The number of benzene rings is 1. The first-order chi connectivity index (χ1) is 10.6. The molecule has 6 heteroatoms. The molecule has 0 spiro atoms. The standard InChI is InChI=1S/C17H24Cl2FNOS/c1-16(2,3)23(22)21-15(17(4)9-5-6-10-17)13-12(20)8-7-11(18)14(13)19/h7-8,15,21H,5-6,9-10H2,1-4H3/t15-,23-/m1/s1. The largest absolute Gasteiger partial charge is 0.598 e. The average Bonchev–Trinajstić information content (AvgIpc) is 2.89. The molecule has 23 heavy (non-hydrogen) atoms. The van der Waals surface area contributed by atoms with Crippen molar-refractivity contribution in [3.8, 4) is 0 Å². The summed E-state index contributed by atoms with van der Waals surface area (Å²) < 4.78 is 29.9. The van der Waals surface area contributed by atoms with E-state index in [2.05, 4.69) is 11.6 Å². The molecule has 1 saturated carbocycles. The fraction of sp³-hybridized carbons (Fsp3) is 0.647. The van der Waals surface area contributed by atoms with Crippen molar-refractivity contribution in [2.75, 3.05) is 0 Å². The van der Waals surface area contributed by atoms with Gasteiger partial charge in [-0.3, -0.25) is 0 Å². The van der Waals surface area contributed by atoms with Gasteiger partial charge in [0.1, 0.15) is 10.6 Å². The highest BCUT2D eigenvalue weighted by molar-refractivity contribution is 7.90. The summed E-state index contributed by atoms with van der Waals surface area (Å²) >= 11 is 11.1. The van der Waals surface area contributed by atoms with Crippen molar-refractivity contribution in [1.82, 2.24) is 4.72 Å². The smallest absolute Gasteiger partial charge is 0.136 e. The van der Waals surface area contributed by atoms with Crippen molar-refractivity contribution in [2.45, 2.75) is 64.2 Å². The van der Waals surface area contributed by atoms with Crippen LogP contribution in [0.2, 0.25) is 10.0 Å². The second kappa shape index (κ2) is 7.09. The van der Waals surface area contributed by atoms with Crippen molar-refractivity contribution in [3.05, 3.63) is 33.6 Å². The van der Waals surface area contributed by atoms with Crippen LogP contribution in [-0.2, 0) is 11.4 Å². The molecular weight excluding hydrogens is 356 g/mol. The number of halogens is 3. The Hall–Kier alpha value is -0.0000000000000000555. The Labute approximate surface area is 151 Å². The lowest BCUT2D eigenvalue weighted by atomic mass is 9.77. The highest BCUT2D eigenvalue weighted by atomic mass is 35.5. The van der Waals surface area contributed by atoms with Gasteiger partial charge in [0.2, 0.25) is 0 Å². The first kappa shape index (κ1) is 19.3. The average molecular weight is 380 g/mol. The van der Waals surface area contributed by atoms with Crippen LogP contribution in [0.25, 0.3) is 0 Å². The Morgan fingerprint density at radius 2 is 1.83 bits per heavy atom. The Bertz CT molecular complexity index is 570. The van der Waals surface area contributed by atoms with Crippen LogP contribution in [0.5, 0.6) is 0 Å². The van der Waals surface area contributed by atoms with E-state index in [1.807, 2.05) is 20.8 Å². The molecule has 0 saturated heterocycles. The van der Waals surface area contributed by atoms with E-state index in [1.165, 1.54) is 12.1 Å². The maximum atomic E-state index is 14.6. The van der Waals surface area contributed by atoms with Gasteiger partial charge in [0, 0.05) is 16.9 Å². The minimum absolute atomic E-state index is 0.198. The van der Waals surface area contributed by atoms with Crippen LogP contribution in [0.3, 0.4) is 0 Å². The summed E-state index contributed by atoms with van der Waals surface area (Å²) in [5.74, 6) is -0.407. The summed E-state index contributed by atoms with van der Waals surface area (Å²) in [7, 11) is 0. The molecule has 1 N–H and O–H groups in total. The lowest BCUT2D eigenvalue weighted by molar-refractivity contribution is 0.242. The first-order valence-corrected chi connectivity index (χ1v) is 9.78. The fourth-order valence-electron chi connectivity index (χ4n) is 3.11. The number of nitrogens with one attached hydrogen (secondary N) is 1. The maximum absolute atomic E-state index is 14.6. The molecule has 2 rings (SSSR count). The molecule has 1 aliphatic rings. The quantitative estimate of drug-likeness (QED) is 0.529. The Kier molecular flexibility index (Phi) is 5.95. The van der Waals surface area contributed by atoms with E-state index < -0.39 is 28.0 Å². The highest BCUT2D eigenvalue weighted by Crippen LogP contribution is 2.50. The van der Waals surface area contributed by atoms with Gasteiger partial charge in [0.15, 0.2) is 0 Å². The molecule has 0 aromatic heterocycles. The lowest BCUT2D eigenvalue weighted by Gasteiger charge is -2.37. The first-order valence-electron chi connectivity index (χ1n) is 7.88. The molecule has 1 aromatic rings. The van der Waals surface area contributed by atoms with Gasteiger partial charge in [0.25, 0.3) is 0 Å². The molecule has 0 heterocycles. The van der Waals surface area contributed by atoms with Gasteiger partial charge in [-0.05, 0) is 51.2 Å². The molecule has 0 aliphatic heterocycles. The Balaban J connectivity index is 2.48. The second-order valence-electron chi connectivity index (χ2n) is 7.55. The van der Waals surface area contributed by atoms with Crippen LogP contribution in [0.4, 0.5) is 4.39 Å². The summed E-state index contributed by atoms with van der Waals surface area (Å²) in [5, 5.41) is 0.529. The molecule has 0 radical (unpaired) electrons. The van der Waals surface area contributed by atoms with Crippen LogP contribution >= 0.6 is 23.2 Å². The van der Waals surface area contributed by atoms with Gasteiger partial charge in [-0.25, -0.2) is 4.39 Å². The van der Waals surface area contributed by atoms with Crippen molar-refractivity contribution in [2.24, 2.45) is 5.41 Å². The summed E-state index contributed by atoms with van der Waals surface area (Å²) in [6.45, 7) is 7.77. The monoisotopic (exact) mass is 379 g/mol. The Morgan fingerprint density at radius 1 is 1.26 bits per heavy atom. The van der Waals surface area contributed by atoms with E-state index in [9.17, 15) is 8.94 Å².